The minimum Gasteiger partial charge on any atom is -0.391 e. The first-order chi connectivity index (χ1) is 8.81. The van der Waals surface area contributed by atoms with Gasteiger partial charge in [0.25, 0.3) is 0 Å². The third-order valence-electron chi connectivity index (χ3n) is 2.71. The fraction of sp³-hybridized carbons (Fsp3) is 0.600. The Kier molecular flexibility index (Phi) is 4.95. The van der Waals surface area contributed by atoms with Crippen molar-refractivity contribution in [3.8, 4) is 0 Å². The molecule has 106 valence electrons. The summed E-state index contributed by atoms with van der Waals surface area (Å²) in [4.78, 5) is 44.0. The predicted molar refractivity (Wildman–Crippen MR) is 62.0 cm³/mol. The Balaban J connectivity index is 2.31. The molecule has 1 rings (SSSR count). The molecule has 0 aromatic carbocycles. The Morgan fingerprint density at radius 1 is 1.21 bits per heavy atom. The van der Waals surface area contributed by atoms with E-state index < -0.39 is 41.9 Å². The van der Waals surface area contributed by atoms with Crippen LogP contribution < -0.4 is 22.5 Å². The van der Waals surface area contributed by atoms with Crippen LogP contribution in [0.15, 0.2) is 0 Å². The van der Waals surface area contributed by atoms with Crippen LogP contribution in [0.2, 0.25) is 0 Å². The Labute approximate surface area is 108 Å². The largest absolute Gasteiger partial charge is 0.391 e. The molecule has 2 amide bonds. The molecule has 1 aliphatic rings. The lowest BCUT2D eigenvalue weighted by molar-refractivity contribution is -0.164. The van der Waals surface area contributed by atoms with Gasteiger partial charge < -0.3 is 21.9 Å². The van der Waals surface area contributed by atoms with E-state index in [0.717, 1.165) is 0 Å². The average molecular weight is 272 g/mol. The molecule has 7 N–H and O–H groups in total. The molecule has 0 saturated carbocycles. The van der Waals surface area contributed by atoms with Crippen LogP contribution in [0.25, 0.3) is 0 Å². The molecule has 1 fully saturated rings. The summed E-state index contributed by atoms with van der Waals surface area (Å²) in [7, 11) is 0. The molecule has 9 heteroatoms. The van der Waals surface area contributed by atoms with Crippen molar-refractivity contribution in [2.45, 2.75) is 37.4 Å². The highest BCUT2D eigenvalue weighted by Gasteiger charge is 2.39. The second kappa shape index (κ2) is 6.25. The Bertz CT molecular complexity index is 390. The van der Waals surface area contributed by atoms with Gasteiger partial charge >= 0.3 is 11.9 Å². The number of carbonyl (C=O) groups excluding carboxylic acids is 4. The minimum atomic E-state index is -1.09. The first-order valence-electron chi connectivity index (χ1n) is 5.66. The average Bonchev–Trinajstić information content (AvgIpc) is 2.22. The summed E-state index contributed by atoms with van der Waals surface area (Å²) in [6.07, 6.45) is 0.108. The summed E-state index contributed by atoms with van der Waals surface area (Å²) in [5, 5.41) is 2.56. The normalized spacial score (nSPS) is 23.0. The molecule has 1 aliphatic heterocycles. The summed E-state index contributed by atoms with van der Waals surface area (Å²) in [5.74, 6) is -2.93. The number of primary amides is 2. The van der Waals surface area contributed by atoms with E-state index >= 15 is 0 Å². The van der Waals surface area contributed by atoms with Gasteiger partial charge in [-0.3, -0.25) is 14.9 Å². The van der Waals surface area contributed by atoms with Crippen molar-refractivity contribution >= 4 is 23.8 Å². The predicted octanol–water partition coefficient (Wildman–Crippen LogP) is -3.14. The number of esters is 2. The van der Waals surface area contributed by atoms with Crippen LogP contribution >= 0.6 is 0 Å². The third kappa shape index (κ3) is 4.30. The van der Waals surface area contributed by atoms with Crippen molar-refractivity contribution in [2.24, 2.45) is 17.2 Å². The maximum absolute atomic E-state index is 11.4. The van der Waals surface area contributed by atoms with Gasteiger partial charge in [-0.05, 0) is 12.8 Å². The lowest BCUT2D eigenvalue weighted by Crippen LogP contribution is -2.62. The topological polar surface area (TPSA) is 168 Å². The molecule has 19 heavy (non-hydrogen) atoms. The standard InChI is InChI=1S/C10H16N4O5/c11-4(1-2-7(12)15)9(17)19-10(18)6-3-5(14-6)8(13)16/h4-6,14H,1-3,11H2,(H2,12,15)(H2,13,16)/t4-,5?,6-/m0/s1. The van der Waals surface area contributed by atoms with Crippen LogP contribution in [-0.4, -0.2) is 41.9 Å². The number of hydrogen-bond donors (Lipinski definition) is 4. The fourth-order valence-corrected chi connectivity index (χ4v) is 1.48. The number of nitrogens with one attached hydrogen (secondary N) is 1. The quantitative estimate of drug-likeness (QED) is 0.292. The zero-order valence-corrected chi connectivity index (χ0v) is 10.1. The number of hydrogen-bond acceptors (Lipinski definition) is 7. The molecule has 0 aromatic heterocycles. The van der Waals surface area contributed by atoms with Gasteiger partial charge in [-0.25, -0.2) is 9.59 Å². The highest BCUT2D eigenvalue weighted by atomic mass is 16.6. The molecule has 0 aromatic rings. The maximum Gasteiger partial charge on any atom is 0.330 e. The highest BCUT2D eigenvalue weighted by Crippen LogP contribution is 2.13. The van der Waals surface area contributed by atoms with Crippen molar-refractivity contribution in [2.75, 3.05) is 0 Å². The van der Waals surface area contributed by atoms with Gasteiger partial charge in [0, 0.05) is 6.42 Å². The molecular formula is C10H16N4O5. The maximum atomic E-state index is 11.4. The van der Waals surface area contributed by atoms with E-state index in [2.05, 4.69) is 10.1 Å². The highest BCUT2D eigenvalue weighted by molar-refractivity contribution is 5.93. The van der Waals surface area contributed by atoms with Gasteiger partial charge in [-0.2, -0.15) is 0 Å². The van der Waals surface area contributed by atoms with Crippen molar-refractivity contribution in [3.63, 3.8) is 0 Å². The second-order valence-electron chi connectivity index (χ2n) is 4.26. The van der Waals surface area contributed by atoms with Crippen LogP contribution in [0, 0.1) is 0 Å². The second-order valence-corrected chi connectivity index (χ2v) is 4.26. The Hall–Kier alpha value is -2.00. The van der Waals surface area contributed by atoms with Crippen LogP contribution in [0.3, 0.4) is 0 Å². The molecular weight excluding hydrogens is 256 g/mol. The summed E-state index contributed by atoms with van der Waals surface area (Å²) < 4.78 is 4.51. The van der Waals surface area contributed by atoms with Gasteiger partial charge in [0.05, 0.1) is 6.04 Å². The lowest BCUT2D eigenvalue weighted by atomic mass is 9.97. The zero-order chi connectivity index (χ0) is 14.6. The van der Waals surface area contributed by atoms with Crippen LogP contribution in [0.4, 0.5) is 0 Å². The molecule has 1 unspecified atom stereocenters. The SMILES string of the molecule is NC(=O)CC[C@H](N)C(=O)OC(=O)[C@@H]1CC(C(N)=O)N1. The van der Waals surface area contributed by atoms with Gasteiger partial charge in [-0.15, -0.1) is 0 Å². The fourth-order valence-electron chi connectivity index (χ4n) is 1.48. The molecule has 3 atom stereocenters. The van der Waals surface area contributed by atoms with E-state index in [9.17, 15) is 19.2 Å². The summed E-state index contributed by atoms with van der Waals surface area (Å²) in [6.45, 7) is 0. The van der Waals surface area contributed by atoms with Crippen molar-refractivity contribution in [1.29, 1.82) is 0 Å². The summed E-state index contributed by atoms with van der Waals surface area (Å²) in [5.41, 5.74) is 15.3. The molecule has 0 bridgehead atoms. The van der Waals surface area contributed by atoms with E-state index in [-0.39, 0.29) is 19.3 Å². The molecule has 0 radical (unpaired) electrons. The third-order valence-corrected chi connectivity index (χ3v) is 2.71. The number of amides is 2. The van der Waals surface area contributed by atoms with E-state index in [4.69, 9.17) is 17.2 Å². The van der Waals surface area contributed by atoms with E-state index in [0.29, 0.717) is 0 Å². The molecule has 1 saturated heterocycles. The van der Waals surface area contributed by atoms with Crippen LogP contribution in [0.5, 0.6) is 0 Å². The van der Waals surface area contributed by atoms with Gasteiger partial charge in [-0.1, -0.05) is 0 Å². The minimum absolute atomic E-state index is 0.00343. The van der Waals surface area contributed by atoms with Crippen LogP contribution in [-0.2, 0) is 23.9 Å². The van der Waals surface area contributed by atoms with Crippen LogP contribution in [0.1, 0.15) is 19.3 Å². The monoisotopic (exact) mass is 272 g/mol. The first-order valence-corrected chi connectivity index (χ1v) is 5.66. The van der Waals surface area contributed by atoms with Crippen molar-refractivity contribution in [1.82, 2.24) is 5.32 Å². The molecule has 0 spiro atoms. The van der Waals surface area contributed by atoms with Gasteiger partial charge in [0.2, 0.25) is 11.8 Å². The number of rotatable bonds is 6. The van der Waals surface area contributed by atoms with E-state index in [1.807, 2.05) is 0 Å². The molecule has 0 aliphatic carbocycles. The van der Waals surface area contributed by atoms with Gasteiger partial charge in [0.15, 0.2) is 0 Å². The van der Waals surface area contributed by atoms with Crippen molar-refractivity contribution < 1.29 is 23.9 Å². The number of carbonyl (C=O) groups is 4. The molecule has 9 nitrogen and oxygen atoms in total. The first kappa shape index (κ1) is 15.1. The smallest absolute Gasteiger partial charge is 0.330 e. The number of ether oxygens (including phenoxy) is 1. The van der Waals surface area contributed by atoms with E-state index in [1.54, 1.807) is 0 Å². The molecule has 1 heterocycles. The lowest BCUT2D eigenvalue weighted by Gasteiger charge is -2.32. The summed E-state index contributed by atoms with van der Waals surface area (Å²) >= 11 is 0. The van der Waals surface area contributed by atoms with Crippen molar-refractivity contribution in [3.05, 3.63) is 0 Å². The zero-order valence-electron chi connectivity index (χ0n) is 10.1. The Morgan fingerprint density at radius 3 is 2.26 bits per heavy atom. The van der Waals surface area contributed by atoms with E-state index in [1.165, 1.54) is 0 Å². The Morgan fingerprint density at radius 2 is 1.79 bits per heavy atom. The summed E-state index contributed by atoms with van der Waals surface area (Å²) in [6, 6.07) is -2.43. The van der Waals surface area contributed by atoms with Gasteiger partial charge in [0.1, 0.15) is 12.1 Å². The number of nitrogens with two attached hydrogens (primary N) is 3.